The molecule has 1 atom stereocenters. The Morgan fingerprint density at radius 2 is 1.66 bits per heavy atom. The highest BCUT2D eigenvalue weighted by Crippen LogP contribution is 2.42. The molecular formula is C20H18Cl2F3NO9. The first-order valence-corrected chi connectivity index (χ1v) is 10.1. The minimum absolute atomic E-state index is 0.0582. The summed E-state index contributed by atoms with van der Waals surface area (Å²) in [5.74, 6) is -2.99. The van der Waals surface area contributed by atoms with E-state index < -0.39 is 51.0 Å². The summed E-state index contributed by atoms with van der Waals surface area (Å²) in [7, 11) is 0. The summed E-state index contributed by atoms with van der Waals surface area (Å²) in [6, 6.07) is 6.22. The molecule has 0 aliphatic carbocycles. The van der Waals surface area contributed by atoms with Crippen LogP contribution in [0.15, 0.2) is 36.4 Å². The number of nitrogens with zero attached hydrogens (tertiary/aromatic N) is 1. The Balaban J connectivity index is 0.000000762. The van der Waals surface area contributed by atoms with Crippen molar-refractivity contribution >= 4 is 35.1 Å². The Labute approximate surface area is 205 Å². The molecule has 0 aliphatic rings. The van der Waals surface area contributed by atoms with E-state index in [4.69, 9.17) is 42.9 Å². The first-order chi connectivity index (χ1) is 16.1. The highest BCUT2D eigenvalue weighted by molar-refractivity contribution is 6.37. The van der Waals surface area contributed by atoms with Gasteiger partial charge >= 0.3 is 23.8 Å². The standard InChI is InChI=1S/C16H10Cl2F3NO6.C4H8O3/c1-15(14(23)24,22(25)26)28-10-4-2-3-9(7-10)27-13-11(17)5-8(6-12(13)18)16(19,20)21;1-2-7-4(6)3-5/h2-7H,1H3,(H,23,24);5H,2-3H2,1H3. The highest BCUT2D eigenvalue weighted by atomic mass is 35.5. The van der Waals surface area contributed by atoms with Crippen molar-refractivity contribution in [2.75, 3.05) is 13.2 Å². The number of carbonyl (C=O) groups excluding carboxylic acids is 1. The van der Waals surface area contributed by atoms with Crippen LogP contribution in [0.3, 0.4) is 0 Å². The largest absolute Gasteiger partial charge is 0.473 e. The summed E-state index contributed by atoms with van der Waals surface area (Å²) in [6.07, 6.45) is -4.66. The van der Waals surface area contributed by atoms with E-state index in [9.17, 15) is 32.9 Å². The first kappa shape index (κ1) is 29.7. The summed E-state index contributed by atoms with van der Waals surface area (Å²) in [5.41, 5.74) is -3.84. The Hall–Kier alpha value is -3.29. The Kier molecular flexibility index (Phi) is 10.6. The Morgan fingerprint density at radius 1 is 1.11 bits per heavy atom. The molecule has 0 saturated heterocycles. The number of hydrogen-bond donors (Lipinski definition) is 2. The third kappa shape index (κ3) is 8.46. The summed E-state index contributed by atoms with van der Waals surface area (Å²) in [5, 5.41) is 27.1. The molecule has 0 aromatic heterocycles. The normalized spacial score (nSPS) is 12.5. The number of alkyl halides is 3. The summed E-state index contributed by atoms with van der Waals surface area (Å²) < 4.78 is 52.9. The van der Waals surface area contributed by atoms with E-state index in [-0.39, 0.29) is 17.2 Å². The maximum atomic E-state index is 12.8. The molecule has 0 spiro atoms. The van der Waals surface area contributed by atoms with Gasteiger partial charge in [0.2, 0.25) is 0 Å². The summed E-state index contributed by atoms with van der Waals surface area (Å²) >= 11 is 11.6. The average Bonchev–Trinajstić information content (AvgIpc) is 2.76. The minimum atomic E-state index is -4.66. The molecule has 0 heterocycles. The molecule has 0 radical (unpaired) electrons. The van der Waals surface area contributed by atoms with Gasteiger partial charge in [-0.15, -0.1) is 0 Å². The number of rotatable bonds is 8. The molecule has 2 aromatic rings. The molecule has 15 heteroatoms. The molecule has 0 fully saturated rings. The fourth-order valence-electron chi connectivity index (χ4n) is 2.14. The lowest BCUT2D eigenvalue weighted by Gasteiger charge is -2.18. The van der Waals surface area contributed by atoms with E-state index in [1.54, 1.807) is 6.92 Å². The number of nitro groups is 1. The van der Waals surface area contributed by atoms with Crippen LogP contribution in [0.5, 0.6) is 17.2 Å². The van der Waals surface area contributed by atoms with E-state index in [2.05, 4.69) is 4.74 Å². The number of ether oxygens (including phenoxy) is 3. The van der Waals surface area contributed by atoms with Crippen molar-refractivity contribution in [1.82, 2.24) is 0 Å². The minimum Gasteiger partial charge on any atom is -0.473 e. The van der Waals surface area contributed by atoms with Gasteiger partial charge in [0, 0.05) is 6.07 Å². The van der Waals surface area contributed by atoms with Crippen LogP contribution in [-0.2, 0) is 20.5 Å². The molecule has 2 N–H and O–H groups in total. The van der Waals surface area contributed by atoms with Gasteiger partial charge in [0.15, 0.2) is 5.75 Å². The van der Waals surface area contributed by atoms with Gasteiger partial charge < -0.3 is 24.4 Å². The summed E-state index contributed by atoms with van der Waals surface area (Å²) in [4.78, 5) is 30.9. The van der Waals surface area contributed by atoms with Crippen LogP contribution in [0.25, 0.3) is 0 Å². The van der Waals surface area contributed by atoms with Gasteiger partial charge in [-0.3, -0.25) is 10.1 Å². The third-order valence-corrected chi connectivity index (χ3v) is 4.41. The molecule has 10 nitrogen and oxygen atoms in total. The molecule has 0 aliphatic heterocycles. The molecule has 0 bridgehead atoms. The van der Waals surface area contributed by atoms with Crippen LogP contribution < -0.4 is 9.47 Å². The predicted octanol–water partition coefficient (Wildman–Crippen LogP) is 4.80. The Bertz CT molecular complexity index is 1040. The number of halogens is 5. The number of carbonyl (C=O) groups is 2. The van der Waals surface area contributed by atoms with Crippen LogP contribution in [0, 0.1) is 10.1 Å². The monoisotopic (exact) mass is 543 g/mol. The average molecular weight is 544 g/mol. The van der Waals surface area contributed by atoms with E-state index in [0.717, 1.165) is 13.0 Å². The number of carboxylic acids is 1. The van der Waals surface area contributed by atoms with Crippen molar-refractivity contribution in [3.8, 4) is 17.2 Å². The molecule has 0 amide bonds. The van der Waals surface area contributed by atoms with Crippen molar-refractivity contribution < 1.29 is 52.1 Å². The van der Waals surface area contributed by atoms with Crippen molar-refractivity contribution in [3.63, 3.8) is 0 Å². The topological polar surface area (TPSA) is 145 Å². The van der Waals surface area contributed by atoms with Crippen molar-refractivity contribution in [2.45, 2.75) is 25.7 Å². The van der Waals surface area contributed by atoms with Crippen molar-refractivity contribution in [3.05, 3.63) is 62.1 Å². The van der Waals surface area contributed by atoms with Crippen LogP contribution in [0.1, 0.15) is 19.4 Å². The number of aliphatic hydroxyl groups is 1. The number of aliphatic carboxylic acids is 1. The van der Waals surface area contributed by atoms with Crippen LogP contribution >= 0.6 is 23.2 Å². The SMILES string of the molecule is CC(Oc1cccc(Oc2c(Cl)cc(C(F)(F)F)cc2Cl)c1)(C(=O)O)[N+](=O)[O-].CCOC(=O)CO. The van der Waals surface area contributed by atoms with Gasteiger partial charge in [-0.2, -0.15) is 13.2 Å². The quantitative estimate of drug-likeness (QED) is 0.207. The molecule has 35 heavy (non-hydrogen) atoms. The lowest BCUT2D eigenvalue weighted by Crippen LogP contribution is -2.48. The van der Waals surface area contributed by atoms with Crippen LogP contribution in [0.4, 0.5) is 13.2 Å². The molecule has 2 aromatic carbocycles. The highest BCUT2D eigenvalue weighted by Gasteiger charge is 2.49. The van der Waals surface area contributed by atoms with Crippen molar-refractivity contribution in [2.24, 2.45) is 0 Å². The summed E-state index contributed by atoms with van der Waals surface area (Å²) in [6.45, 7) is 2.24. The fourth-order valence-corrected chi connectivity index (χ4v) is 2.70. The number of aliphatic hydroxyl groups excluding tert-OH is 1. The fraction of sp³-hybridized carbons (Fsp3) is 0.300. The van der Waals surface area contributed by atoms with Gasteiger partial charge in [0.25, 0.3) is 0 Å². The lowest BCUT2D eigenvalue weighted by atomic mass is 10.2. The second kappa shape index (κ2) is 12.4. The van der Waals surface area contributed by atoms with Crippen LogP contribution in [-0.4, -0.2) is 46.0 Å². The van der Waals surface area contributed by atoms with E-state index in [1.807, 2.05) is 0 Å². The van der Waals surface area contributed by atoms with Crippen molar-refractivity contribution in [1.29, 1.82) is 0 Å². The van der Waals surface area contributed by atoms with Gasteiger partial charge in [0.05, 0.1) is 34.1 Å². The zero-order valence-electron chi connectivity index (χ0n) is 18.0. The van der Waals surface area contributed by atoms with Crippen LogP contribution in [0.2, 0.25) is 10.0 Å². The number of benzene rings is 2. The zero-order chi connectivity index (χ0) is 27.0. The smallest absolute Gasteiger partial charge is 0.457 e. The predicted molar refractivity (Wildman–Crippen MR) is 115 cm³/mol. The molecule has 1 unspecified atom stereocenters. The van der Waals surface area contributed by atoms with Gasteiger partial charge in [-0.25, -0.2) is 9.59 Å². The molecule has 0 saturated carbocycles. The third-order valence-electron chi connectivity index (χ3n) is 3.85. The van der Waals surface area contributed by atoms with Gasteiger partial charge in [-0.05, 0) is 31.2 Å². The van der Waals surface area contributed by atoms with E-state index in [1.165, 1.54) is 18.2 Å². The van der Waals surface area contributed by atoms with Gasteiger partial charge in [0.1, 0.15) is 18.1 Å². The van der Waals surface area contributed by atoms with Gasteiger partial charge in [-0.1, -0.05) is 29.3 Å². The number of esters is 1. The Morgan fingerprint density at radius 3 is 2.06 bits per heavy atom. The van der Waals surface area contributed by atoms with E-state index >= 15 is 0 Å². The molecule has 2 rings (SSSR count). The second-order valence-electron chi connectivity index (χ2n) is 6.45. The maximum absolute atomic E-state index is 12.8. The zero-order valence-corrected chi connectivity index (χ0v) is 19.5. The lowest BCUT2D eigenvalue weighted by molar-refractivity contribution is -0.593. The number of carboxylic acid groups (broad SMARTS) is 1. The second-order valence-corrected chi connectivity index (χ2v) is 7.27. The van der Waals surface area contributed by atoms with E-state index in [0.29, 0.717) is 18.7 Å². The molecular weight excluding hydrogens is 526 g/mol. The molecule has 192 valence electrons. The number of hydrogen-bond acceptors (Lipinski definition) is 8. The maximum Gasteiger partial charge on any atom is 0.457 e. The first-order valence-electron chi connectivity index (χ1n) is 9.33.